The molecule has 11 heteroatoms. The molecule has 0 atom stereocenters. The second-order valence-electron chi connectivity index (χ2n) is 9.12. The van der Waals surface area contributed by atoms with Gasteiger partial charge < -0.3 is 9.47 Å². The van der Waals surface area contributed by atoms with Crippen LogP contribution in [0.4, 0.5) is 16.2 Å². The number of amides is 4. The number of hydrogen-bond donors (Lipinski definition) is 1. The zero-order chi connectivity index (χ0) is 29.6. The van der Waals surface area contributed by atoms with E-state index in [-0.39, 0.29) is 23.6 Å². The topological polar surface area (TPSA) is 128 Å². The van der Waals surface area contributed by atoms with E-state index in [9.17, 15) is 24.5 Å². The van der Waals surface area contributed by atoms with Crippen molar-refractivity contribution < 1.29 is 28.8 Å². The highest BCUT2D eigenvalue weighted by molar-refractivity contribution is 6.39. The zero-order valence-corrected chi connectivity index (χ0v) is 22.6. The Labute approximate surface area is 244 Å². The van der Waals surface area contributed by atoms with E-state index in [1.807, 2.05) is 30.3 Å². The molecule has 1 N–H and O–H groups in total. The van der Waals surface area contributed by atoms with Gasteiger partial charge in [-0.05, 0) is 71.8 Å². The Morgan fingerprint density at radius 1 is 0.833 bits per heavy atom. The normalized spacial score (nSPS) is 14.1. The molecule has 0 saturated carbocycles. The number of nitrogens with zero attached hydrogens (tertiary/aromatic N) is 2. The van der Waals surface area contributed by atoms with Crippen LogP contribution in [0.2, 0.25) is 5.02 Å². The number of benzene rings is 4. The van der Waals surface area contributed by atoms with E-state index in [1.165, 1.54) is 24.3 Å². The molecule has 10 nitrogen and oxygen atoms in total. The maximum Gasteiger partial charge on any atom is 0.335 e. The number of urea groups is 1. The number of nitro groups is 1. The van der Waals surface area contributed by atoms with E-state index in [4.69, 9.17) is 21.1 Å². The van der Waals surface area contributed by atoms with E-state index in [0.717, 1.165) is 10.5 Å². The molecule has 0 spiro atoms. The lowest BCUT2D eigenvalue weighted by Crippen LogP contribution is -2.54. The van der Waals surface area contributed by atoms with Crippen LogP contribution in [0.15, 0.2) is 103 Å². The SMILES string of the molecule is O=C1NC(=O)N(c2ccc(OCc3ccccc3)cc2)C(=O)/C1=C/c1cc(Cl)ccc1OCc1ccc([N+](=O)[O-])cc1. The number of carbonyl (C=O) groups is 3. The summed E-state index contributed by atoms with van der Waals surface area (Å²) in [5.74, 6) is -0.865. The summed E-state index contributed by atoms with van der Waals surface area (Å²) >= 11 is 6.19. The van der Waals surface area contributed by atoms with Crippen molar-refractivity contribution in [1.29, 1.82) is 0 Å². The van der Waals surface area contributed by atoms with Gasteiger partial charge in [-0.15, -0.1) is 0 Å². The van der Waals surface area contributed by atoms with Crippen molar-refractivity contribution in [1.82, 2.24) is 5.32 Å². The number of barbiturate groups is 1. The molecule has 4 aromatic rings. The van der Waals surface area contributed by atoms with E-state index in [2.05, 4.69) is 5.32 Å². The Kier molecular flexibility index (Phi) is 8.26. The van der Waals surface area contributed by atoms with Gasteiger partial charge >= 0.3 is 6.03 Å². The number of rotatable bonds is 9. The second-order valence-corrected chi connectivity index (χ2v) is 9.56. The van der Waals surface area contributed by atoms with Crippen molar-refractivity contribution in [3.63, 3.8) is 0 Å². The lowest BCUT2D eigenvalue weighted by Gasteiger charge is -2.26. The fraction of sp³-hybridized carbons (Fsp3) is 0.0645. The van der Waals surface area contributed by atoms with Crippen LogP contribution in [0.25, 0.3) is 6.08 Å². The van der Waals surface area contributed by atoms with Gasteiger partial charge in [-0.2, -0.15) is 0 Å². The van der Waals surface area contributed by atoms with Gasteiger partial charge in [0, 0.05) is 22.7 Å². The molecule has 0 unspecified atom stereocenters. The summed E-state index contributed by atoms with van der Waals surface area (Å²) in [5.41, 5.74) is 1.85. The Hall–Kier alpha value is -5.48. The molecular formula is C31H22ClN3O7. The van der Waals surface area contributed by atoms with Crippen molar-refractivity contribution in [2.45, 2.75) is 13.2 Å². The van der Waals surface area contributed by atoms with Crippen LogP contribution in [0.1, 0.15) is 16.7 Å². The number of hydrogen-bond acceptors (Lipinski definition) is 7. The van der Waals surface area contributed by atoms with Crippen molar-refractivity contribution in [2.75, 3.05) is 4.90 Å². The quantitative estimate of drug-likeness (QED) is 0.110. The first-order valence-corrected chi connectivity index (χ1v) is 13.0. The van der Waals surface area contributed by atoms with Crippen LogP contribution in [-0.2, 0) is 22.8 Å². The molecular weight excluding hydrogens is 562 g/mol. The molecule has 1 fully saturated rings. The number of anilines is 1. The van der Waals surface area contributed by atoms with Gasteiger partial charge in [-0.1, -0.05) is 41.9 Å². The summed E-state index contributed by atoms with van der Waals surface area (Å²) in [5, 5.41) is 13.4. The first-order chi connectivity index (χ1) is 20.3. The van der Waals surface area contributed by atoms with Crippen molar-refractivity contribution >= 4 is 46.9 Å². The molecule has 1 aliphatic heterocycles. The molecule has 4 amide bonds. The van der Waals surface area contributed by atoms with Gasteiger partial charge in [0.2, 0.25) is 0 Å². The highest BCUT2D eigenvalue weighted by Gasteiger charge is 2.37. The molecule has 0 aliphatic carbocycles. The largest absolute Gasteiger partial charge is 0.489 e. The minimum atomic E-state index is -0.888. The smallest absolute Gasteiger partial charge is 0.335 e. The molecule has 5 rings (SSSR count). The van der Waals surface area contributed by atoms with Crippen molar-refractivity contribution in [2.24, 2.45) is 0 Å². The van der Waals surface area contributed by atoms with Gasteiger partial charge in [0.1, 0.15) is 30.3 Å². The number of carbonyl (C=O) groups excluding carboxylic acids is 3. The molecule has 0 bridgehead atoms. The Morgan fingerprint density at radius 2 is 1.50 bits per heavy atom. The lowest BCUT2D eigenvalue weighted by molar-refractivity contribution is -0.384. The minimum Gasteiger partial charge on any atom is -0.489 e. The highest BCUT2D eigenvalue weighted by atomic mass is 35.5. The third-order valence-corrected chi connectivity index (χ3v) is 6.49. The summed E-state index contributed by atoms with van der Waals surface area (Å²) < 4.78 is 11.7. The average molecular weight is 584 g/mol. The van der Waals surface area contributed by atoms with Crippen LogP contribution in [0.5, 0.6) is 11.5 Å². The predicted octanol–water partition coefficient (Wildman–Crippen LogP) is 6.07. The average Bonchev–Trinajstić information content (AvgIpc) is 2.99. The molecule has 1 heterocycles. The maximum atomic E-state index is 13.4. The van der Waals surface area contributed by atoms with E-state index in [0.29, 0.717) is 34.3 Å². The maximum absolute atomic E-state index is 13.4. The first-order valence-electron chi connectivity index (χ1n) is 12.6. The fourth-order valence-corrected chi connectivity index (χ4v) is 4.30. The van der Waals surface area contributed by atoms with E-state index >= 15 is 0 Å². The van der Waals surface area contributed by atoms with Gasteiger partial charge in [-0.25, -0.2) is 9.69 Å². The summed E-state index contributed by atoms with van der Waals surface area (Å²) in [6.45, 7) is 0.401. The summed E-state index contributed by atoms with van der Waals surface area (Å²) in [6, 6.07) is 25.6. The second kappa shape index (κ2) is 12.4. The van der Waals surface area contributed by atoms with Crippen LogP contribution in [0, 0.1) is 10.1 Å². The van der Waals surface area contributed by atoms with Gasteiger partial charge in [0.25, 0.3) is 17.5 Å². The van der Waals surface area contributed by atoms with E-state index < -0.39 is 22.8 Å². The van der Waals surface area contributed by atoms with Crippen LogP contribution >= 0.6 is 11.6 Å². The predicted molar refractivity (Wildman–Crippen MR) is 155 cm³/mol. The Morgan fingerprint density at radius 3 is 2.19 bits per heavy atom. The van der Waals surface area contributed by atoms with Gasteiger partial charge in [-0.3, -0.25) is 25.0 Å². The number of halogens is 1. The molecule has 0 aromatic heterocycles. The molecule has 1 aliphatic rings. The molecule has 4 aromatic carbocycles. The molecule has 1 saturated heterocycles. The Bertz CT molecular complexity index is 1690. The zero-order valence-electron chi connectivity index (χ0n) is 21.9. The van der Waals surface area contributed by atoms with Crippen molar-refractivity contribution in [3.05, 3.63) is 134 Å². The monoisotopic (exact) mass is 583 g/mol. The number of imide groups is 2. The van der Waals surface area contributed by atoms with Gasteiger partial charge in [0.05, 0.1) is 10.6 Å². The highest BCUT2D eigenvalue weighted by Crippen LogP contribution is 2.29. The summed E-state index contributed by atoms with van der Waals surface area (Å²) in [6.07, 6.45) is 1.30. The molecule has 42 heavy (non-hydrogen) atoms. The van der Waals surface area contributed by atoms with Crippen LogP contribution < -0.4 is 19.7 Å². The number of ether oxygens (including phenoxy) is 2. The van der Waals surface area contributed by atoms with Crippen LogP contribution in [-0.4, -0.2) is 22.8 Å². The molecule has 210 valence electrons. The Balaban J connectivity index is 1.35. The number of non-ortho nitro benzene ring substituents is 1. The summed E-state index contributed by atoms with van der Waals surface area (Å²) in [7, 11) is 0. The lowest BCUT2D eigenvalue weighted by atomic mass is 10.1. The standard InChI is InChI=1S/C31H22ClN3O7/c32-23-8-15-28(42-19-21-6-9-25(10-7-21)35(39)40)22(16-23)17-27-29(36)33-31(38)34(30(27)37)24-11-13-26(14-12-24)41-18-20-4-2-1-3-5-20/h1-17H,18-19H2,(H,33,36,38)/b27-17+. The van der Waals surface area contributed by atoms with Crippen LogP contribution in [0.3, 0.4) is 0 Å². The van der Waals surface area contributed by atoms with Crippen molar-refractivity contribution in [3.8, 4) is 11.5 Å². The summed E-state index contributed by atoms with van der Waals surface area (Å²) in [4.78, 5) is 50.1. The number of nitrogens with one attached hydrogen (secondary N) is 1. The third-order valence-electron chi connectivity index (χ3n) is 6.26. The third kappa shape index (κ3) is 6.45. The number of nitro benzene ring substituents is 1. The van der Waals surface area contributed by atoms with E-state index in [1.54, 1.807) is 48.5 Å². The molecule has 0 radical (unpaired) electrons. The first kappa shape index (κ1) is 28.1. The van der Waals surface area contributed by atoms with Gasteiger partial charge in [0.15, 0.2) is 0 Å². The minimum absolute atomic E-state index is 0.0501. The fourth-order valence-electron chi connectivity index (χ4n) is 4.12.